The van der Waals surface area contributed by atoms with Crippen LogP contribution in [-0.2, 0) is 38.8 Å². The zero-order valence-corrected chi connectivity index (χ0v) is 28.5. The first-order valence-electron chi connectivity index (χ1n) is 15.5. The number of carbonyl (C=O) groups is 4. The summed E-state index contributed by atoms with van der Waals surface area (Å²) in [5.74, 6) is -1.33. The second kappa shape index (κ2) is 14.5. The van der Waals surface area contributed by atoms with E-state index in [1.807, 2.05) is 63.2 Å². The molecule has 0 spiro atoms. The number of primary amides is 2. The van der Waals surface area contributed by atoms with E-state index in [1.54, 1.807) is 48.2 Å². The van der Waals surface area contributed by atoms with Crippen LogP contribution in [0.5, 0.6) is 11.5 Å². The molecule has 12 heteroatoms. The Bertz CT molecular complexity index is 2000. The Morgan fingerprint density at radius 1 is 0.673 bits per heavy atom. The van der Waals surface area contributed by atoms with Gasteiger partial charge in [0.05, 0.1) is 11.1 Å². The average Bonchev–Trinajstić information content (AvgIpc) is 3.52. The minimum atomic E-state index is -0.617. The van der Waals surface area contributed by atoms with Gasteiger partial charge in [0.15, 0.2) is 0 Å². The third-order valence-corrected chi connectivity index (χ3v) is 6.94. The molecule has 12 nitrogen and oxygen atoms in total. The number of carbonyl (C=O) groups excluding carboxylic acids is 4. The molecule has 0 radical (unpaired) electrons. The normalized spacial score (nSPS) is 11.5. The average molecular weight is 671 g/mol. The van der Waals surface area contributed by atoms with Crippen molar-refractivity contribution in [2.45, 2.75) is 72.4 Å². The summed E-state index contributed by atoms with van der Waals surface area (Å²) in [6.07, 6.45) is 3.08. The van der Waals surface area contributed by atoms with Crippen LogP contribution in [-0.4, -0.2) is 49.2 Å². The van der Waals surface area contributed by atoms with Gasteiger partial charge in [-0.3, -0.25) is 19.2 Å². The number of ether oxygens (including phenoxy) is 3. The molecule has 0 fully saturated rings. The Hall–Kier alpha value is -5.78. The highest BCUT2D eigenvalue weighted by molar-refractivity contribution is 6.07. The van der Waals surface area contributed by atoms with Gasteiger partial charge >= 0.3 is 11.9 Å². The lowest BCUT2D eigenvalue weighted by Crippen LogP contribution is -2.26. The van der Waals surface area contributed by atoms with Crippen LogP contribution >= 0.6 is 0 Å². The summed E-state index contributed by atoms with van der Waals surface area (Å²) in [6, 6.07) is 19.7. The number of phenolic OH excluding ortho intramolecular Hbond substituents is 1. The molecular weight excluding hydrogens is 628 g/mol. The Morgan fingerprint density at radius 2 is 1.14 bits per heavy atom. The van der Waals surface area contributed by atoms with E-state index in [0.717, 1.165) is 5.56 Å². The molecule has 0 saturated heterocycles. The zero-order chi connectivity index (χ0) is 36.1. The van der Waals surface area contributed by atoms with Crippen LogP contribution in [0.4, 0.5) is 0 Å². The van der Waals surface area contributed by atoms with E-state index in [9.17, 15) is 24.3 Å². The summed E-state index contributed by atoms with van der Waals surface area (Å²) >= 11 is 0. The number of esters is 2. The second-order valence-electron chi connectivity index (χ2n) is 13.4. The van der Waals surface area contributed by atoms with E-state index in [-0.39, 0.29) is 30.4 Å². The van der Waals surface area contributed by atoms with Crippen LogP contribution in [0.25, 0.3) is 21.8 Å². The number of amides is 2. The molecule has 5 aromatic rings. The third kappa shape index (κ3) is 9.86. The van der Waals surface area contributed by atoms with Crippen LogP contribution in [0, 0.1) is 0 Å². The Labute approximate surface area is 284 Å². The number of hydrogen-bond donors (Lipinski definition) is 3. The minimum Gasteiger partial charge on any atom is -0.508 e. The molecule has 5 N–H and O–H groups in total. The summed E-state index contributed by atoms with van der Waals surface area (Å²) in [5.41, 5.74) is 12.7. The fourth-order valence-electron chi connectivity index (χ4n) is 5.07. The third-order valence-electron chi connectivity index (χ3n) is 6.94. The van der Waals surface area contributed by atoms with Crippen molar-refractivity contribution in [3.8, 4) is 11.5 Å². The molecule has 0 unspecified atom stereocenters. The standard InChI is InChI=1S/C22H24N2O4.C15H18N2O4/c1-22(2,3)28-20(25)13-24-12-18(21(23)26)17-11-16(9-10-19(17)24)27-14-15-7-5-4-6-8-15;1-15(2,3)21-13(19)8-17-7-11(14(16)20)10-6-9(18)4-5-12(10)17/h4-12H,13-14H2,1-3H3,(H2,23,26);4-7,18H,8H2,1-3H3,(H2,16,20). The van der Waals surface area contributed by atoms with Gasteiger partial charge in [-0.1, -0.05) is 30.3 Å². The molecule has 0 atom stereocenters. The predicted molar refractivity (Wildman–Crippen MR) is 185 cm³/mol. The van der Waals surface area contributed by atoms with E-state index in [1.165, 1.54) is 18.3 Å². The first kappa shape index (κ1) is 36.1. The highest BCUT2D eigenvalue weighted by atomic mass is 16.6. The Morgan fingerprint density at radius 3 is 1.61 bits per heavy atom. The van der Waals surface area contributed by atoms with E-state index in [0.29, 0.717) is 39.7 Å². The SMILES string of the molecule is CC(C)(C)OC(=O)Cn1cc(C(N)=O)c2cc(O)ccc21.CC(C)(C)OC(=O)Cn1cc(C(N)=O)c2cc(OCc3ccccc3)ccc21. The van der Waals surface area contributed by atoms with Crippen LogP contribution in [0.1, 0.15) is 67.8 Å². The van der Waals surface area contributed by atoms with Gasteiger partial charge in [-0.15, -0.1) is 0 Å². The van der Waals surface area contributed by atoms with Crippen LogP contribution < -0.4 is 16.2 Å². The summed E-state index contributed by atoms with van der Waals surface area (Å²) in [6.45, 7) is 11.1. The zero-order valence-electron chi connectivity index (χ0n) is 28.5. The number of phenols is 1. The highest BCUT2D eigenvalue weighted by Crippen LogP contribution is 2.28. The van der Waals surface area contributed by atoms with Crippen molar-refractivity contribution in [2.75, 3.05) is 0 Å². The van der Waals surface area contributed by atoms with Crippen LogP contribution in [0.3, 0.4) is 0 Å². The summed E-state index contributed by atoms with van der Waals surface area (Å²) in [4.78, 5) is 47.5. The van der Waals surface area contributed by atoms with Crippen LogP contribution in [0.2, 0.25) is 0 Å². The fourth-order valence-corrected chi connectivity index (χ4v) is 5.07. The van der Waals surface area contributed by atoms with E-state index in [2.05, 4.69) is 0 Å². The number of nitrogens with two attached hydrogens (primary N) is 2. The monoisotopic (exact) mass is 670 g/mol. The molecule has 3 aromatic carbocycles. The largest absolute Gasteiger partial charge is 0.508 e. The fraction of sp³-hybridized carbons (Fsp3) is 0.297. The molecule has 0 aliphatic rings. The summed E-state index contributed by atoms with van der Waals surface area (Å²) in [7, 11) is 0. The van der Waals surface area contributed by atoms with E-state index < -0.39 is 29.0 Å². The topological polar surface area (TPSA) is 178 Å². The lowest BCUT2D eigenvalue weighted by Gasteiger charge is -2.19. The van der Waals surface area contributed by atoms with Crippen molar-refractivity contribution in [1.82, 2.24) is 9.13 Å². The van der Waals surface area contributed by atoms with Crippen molar-refractivity contribution in [3.63, 3.8) is 0 Å². The molecule has 0 aliphatic heterocycles. The number of aromatic nitrogens is 2. The first-order chi connectivity index (χ1) is 22.9. The molecule has 258 valence electrons. The van der Waals surface area contributed by atoms with Gasteiger partial charge in [-0.2, -0.15) is 0 Å². The van der Waals surface area contributed by atoms with E-state index in [4.69, 9.17) is 25.7 Å². The molecular formula is C37H42N4O8. The summed E-state index contributed by atoms with van der Waals surface area (Å²) in [5, 5.41) is 10.7. The lowest BCUT2D eigenvalue weighted by atomic mass is 10.1. The highest BCUT2D eigenvalue weighted by Gasteiger charge is 2.21. The van der Waals surface area contributed by atoms with Crippen molar-refractivity contribution < 1.29 is 38.5 Å². The van der Waals surface area contributed by atoms with Crippen LogP contribution in [0.15, 0.2) is 79.1 Å². The molecule has 49 heavy (non-hydrogen) atoms. The number of aromatic hydroxyl groups is 1. The van der Waals surface area contributed by atoms with Crippen molar-refractivity contribution in [2.24, 2.45) is 11.5 Å². The maximum Gasteiger partial charge on any atom is 0.326 e. The predicted octanol–water partition coefficient (Wildman–Crippen LogP) is 5.45. The Kier molecular flexibility index (Phi) is 10.7. The molecule has 2 heterocycles. The quantitative estimate of drug-likeness (QED) is 0.173. The number of benzene rings is 3. The number of fused-ring (bicyclic) bond motifs is 2. The van der Waals surface area contributed by atoms with Gasteiger partial charge in [0, 0.05) is 34.2 Å². The maximum absolute atomic E-state index is 12.2. The molecule has 0 aliphatic carbocycles. The van der Waals surface area contributed by atoms with E-state index >= 15 is 0 Å². The molecule has 0 saturated carbocycles. The van der Waals surface area contributed by atoms with Gasteiger partial charge in [0.1, 0.15) is 42.4 Å². The maximum atomic E-state index is 12.2. The summed E-state index contributed by atoms with van der Waals surface area (Å²) < 4.78 is 19.7. The molecule has 2 aromatic heterocycles. The lowest BCUT2D eigenvalue weighted by molar-refractivity contribution is -0.156. The van der Waals surface area contributed by atoms with Gasteiger partial charge < -0.3 is 39.9 Å². The number of rotatable bonds is 9. The Balaban J connectivity index is 0.000000230. The molecule has 2 amide bonds. The van der Waals surface area contributed by atoms with Gasteiger partial charge in [0.2, 0.25) is 0 Å². The van der Waals surface area contributed by atoms with Crippen molar-refractivity contribution >= 4 is 45.6 Å². The first-order valence-corrected chi connectivity index (χ1v) is 15.5. The number of hydrogen-bond acceptors (Lipinski definition) is 8. The van der Waals surface area contributed by atoms with Gasteiger partial charge in [-0.05, 0) is 83.5 Å². The van der Waals surface area contributed by atoms with Gasteiger partial charge in [0.25, 0.3) is 11.8 Å². The van der Waals surface area contributed by atoms with Crippen molar-refractivity contribution in [1.29, 1.82) is 0 Å². The molecule has 0 bridgehead atoms. The second-order valence-corrected chi connectivity index (χ2v) is 13.4. The van der Waals surface area contributed by atoms with Crippen molar-refractivity contribution in [3.05, 3.63) is 95.8 Å². The minimum absolute atomic E-state index is 0.00866. The molecule has 5 rings (SSSR count). The number of nitrogens with zero attached hydrogens (tertiary/aromatic N) is 2. The van der Waals surface area contributed by atoms with Gasteiger partial charge in [-0.25, -0.2) is 0 Å². The smallest absolute Gasteiger partial charge is 0.326 e.